The van der Waals surface area contributed by atoms with Gasteiger partial charge in [-0.15, -0.1) is 5.06 Å². The number of hydrogen-bond donors (Lipinski definition) is 1. The molecule has 0 aliphatic carbocycles. The molecule has 0 radical (unpaired) electrons. The zero-order valence-corrected chi connectivity index (χ0v) is 10.4. The first-order valence-electron chi connectivity index (χ1n) is 6.05. The molecule has 0 saturated carbocycles. The fourth-order valence-corrected chi connectivity index (χ4v) is 2.07. The molecule has 5 nitrogen and oxygen atoms in total. The standard InChI is InChI=1S/C15H11NO4/c17-11-5-3-4-10(8-11)9-20-16-14(18)12-6-1-2-7-13(12)15(16)19/h1-8,17H,9H2. The first kappa shape index (κ1) is 12.4. The molecule has 0 bridgehead atoms. The molecular formula is C15H11NO4. The number of benzene rings is 2. The summed E-state index contributed by atoms with van der Waals surface area (Å²) in [6.07, 6.45) is 0. The summed E-state index contributed by atoms with van der Waals surface area (Å²) in [5, 5.41) is 10.1. The van der Waals surface area contributed by atoms with E-state index in [-0.39, 0.29) is 12.4 Å². The highest BCUT2D eigenvalue weighted by Gasteiger charge is 2.36. The molecule has 5 heteroatoms. The van der Waals surface area contributed by atoms with E-state index in [0.717, 1.165) is 5.06 Å². The van der Waals surface area contributed by atoms with Crippen LogP contribution in [-0.2, 0) is 11.4 Å². The fourth-order valence-electron chi connectivity index (χ4n) is 2.07. The Morgan fingerprint density at radius 1 is 0.950 bits per heavy atom. The van der Waals surface area contributed by atoms with Crippen LogP contribution in [0.25, 0.3) is 0 Å². The predicted molar refractivity (Wildman–Crippen MR) is 69.8 cm³/mol. The van der Waals surface area contributed by atoms with Crippen LogP contribution in [0.15, 0.2) is 48.5 Å². The number of hydrogen-bond acceptors (Lipinski definition) is 4. The Bertz CT molecular complexity index is 661. The van der Waals surface area contributed by atoms with Gasteiger partial charge in [-0.1, -0.05) is 24.3 Å². The van der Waals surface area contributed by atoms with E-state index in [4.69, 9.17) is 4.84 Å². The first-order chi connectivity index (χ1) is 9.66. The SMILES string of the molecule is O=C1c2ccccc2C(=O)N1OCc1cccc(O)c1. The van der Waals surface area contributed by atoms with Crippen molar-refractivity contribution in [3.05, 3.63) is 65.2 Å². The van der Waals surface area contributed by atoms with E-state index in [1.807, 2.05) is 0 Å². The molecule has 1 aliphatic rings. The number of phenolic OH excluding ortho intramolecular Hbond substituents is 1. The average molecular weight is 269 g/mol. The van der Waals surface area contributed by atoms with Crippen LogP contribution < -0.4 is 0 Å². The number of carbonyl (C=O) groups is 2. The maximum Gasteiger partial charge on any atom is 0.285 e. The Kier molecular flexibility index (Phi) is 2.96. The molecule has 1 N–H and O–H groups in total. The van der Waals surface area contributed by atoms with Gasteiger partial charge in [-0.3, -0.25) is 14.4 Å². The molecule has 1 heterocycles. The van der Waals surface area contributed by atoms with Crippen LogP contribution in [0.5, 0.6) is 5.75 Å². The topological polar surface area (TPSA) is 66.8 Å². The van der Waals surface area contributed by atoms with E-state index in [0.29, 0.717) is 16.7 Å². The average Bonchev–Trinajstić information content (AvgIpc) is 2.70. The van der Waals surface area contributed by atoms with Gasteiger partial charge in [0.05, 0.1) is 11.1 Å². The summed E-state index contributed by atoms with van der Waals surface area (Å²) in [6.45, 7) is 0.0276. The van der Waals surface area contributed by atoms with E-state index in [1.54, 1.807) is 36.4 Å². The summed E-state index contributed by atoms with van der Waals surface area (Å²) < 4.78 is 0. The van der Waals surface area contributed by atoms with Crippen LogP contribution in [0.1, 0.15) is 26.3 Å². The lowest BCUT2D eigenvalue weighted by Gasteiger charge is -2.13. The van der Waals surface area contributed by atoms with Crippen molar-refractivity contribution >= 4 is 11.8 Å². The van der Waals surface area contributed by atoms with Crippen LogP contribution in [0.4, 0.5) is 0 Å². The molecule has 0 aromatic heterocycles. The third kappa shape index (κ3) is 2.04. The van der Waals surface area contributed by atoms with E-state index >= 15 is 0 Å². The van der Waals surface area contributed by atoms with Crippen molar-refractivity contribution in [2.75, 3.05) is 0 Å². The van der Waals surface area contributed by atoms with Crippen LogP contribution in [0.2, 0.25) is 0 Å². The number of carbonyl (C=O) groups excluding carboxylic acids is 2. The number of hydroxylamine groups is 2. The Labute approximate surface area is 115 Å². The first-order valence-corrected chi connectivity index (χ1v) is 6.05. The number of imide groups is 1. The Hall–Kier alpha value is -2.66. The Morgan fingerprint density at radius 2 is 1.60 bits per heavy atom. The minimum absolute atomic E-state index is 0.0276. The Morgan fingerprint density at radius 3 is 2.20 bits per heavy atom. The molecular weight excluding hydrogens is 258 g/mol. The van der Waals surface area contributed by atoms with Crippen molar-refractivity contribution in [3.8, 4) is 5.75 Å². The van der Waals surface area contributed by atoms with E-state index in [9.17, 15) is 14.7 Å². The second-order valence-corrected chi connectivity index (χ2v) is 4.39. The van der Waals surface area contributed by atoms with Crippen LogP contribution in [-0.4, -0.2) is 22.0 Å². The number of rotatable bonds is 3. The molecule has 0 saturated heterocycles. The summed E-state index contributed by atoms with van der Waals surface area (Å²) in [5.41, 5.74) is 1.35. The van der Waals surface area contributed by atoms with E-state index in [1.165, 1.54) is 12.1 Å². The minimum atomic E-state index is -0.467. The summed E-state index contributed by atoms with van der Waals surface area (Å²) in [6, 6.07) is 13.0. The van der Waals surface area contributed by atoms with Crippen molar-refractivity contribution in [2.45, 2.75) is 6.61 Å². The highest BCUT2D eigenvalue weighted by molar-refractivity contribution is 6.20. The maximum atomic E-state index is 12.0. The van der Waals surface area contributed by atoms with Crippen molar-refractivity contribution in [1.82, 2.24) is 5.06 Å². The molecule has 20 heavy (non-hydrogen) atoms. The van der Waals surface area contributed by atoms with Gasteiger partial charge < -0.3 is 5.11 Å². The Balaban J connectivity index is 1.77. The zero-order chi connectivity index (χ0) is 14.1. The van der Waals surface area contributed by atoms with Gasteiger partial charge in [-0.2, -0.15) is 0 Å². The molecule has 0 fully saturated rings. The number of nitrogens with zero attached hydrogens (tertiary/aromatic N) is 1. The second-order valence-electron chi connectivity index (χ2n) is 4.39. The van der Waals surface area contributed by atoms with Gasteiger partial charge in [0.15, 0.2) is 0 Å². The largest absolute Gasteiger partial charge is 0.508 e. The van der Waals surface area contributed by atoms with E-state index in [2.05, 4.69) is 0 Å². The lowest BCUT2D eigenvalue weighted by molar-refractivity contribution is -0.101. The number of amides is 2. The van der Waals surface area contributed by atoms with Gasteiger partial charge in [-0.25, -0.2) is 0 Å². The van der Waals surface area contributed by atoms with Gasteiger partial charge in [-0.05, 0) is 29.8 Å². The minimum Gasteiger partial charge on any atom is -0.508 e. The quantitative estimate of drug-likeness (QED) is 0.867. The monoisotopic (exact) mass is 269 g/mol. The third-order valence-electron chi connectivity index (χ3n) is 3.03. The fraction of sp³-hybridized carbons (Fsp3) is 0.0667. The van der Waals surface area contributed by atoms with Gasteiger partial charge in [0.2, 0.25) is 0 Å². The number of phenols is 1. The highest BCUT2D eigenvalue weighted by Crippen LogP contribution is 2.23. The van der Waals surface area contributed by atoms with Crippen LogP contribution >= 0.6 is 0 Å². The maximum absolute atomic E-state index is 12.0. The summed E-state index contributed by atoms with van der Waals surface area (Å²) in [5.74, 6) is -0.829. The molecule has 0 unspecified atom stereocenters. The molecule has 0 spiro atoms. The van der Waals surface area contributed by atoms with Crippen molar-refractivity contribution in [3.63, 3.8) is 0 Å². The molecule has 2 aromatic rings. The highest BCUT2D eigenvalue weighted by atomic mass is 16.7. The second kappa shape index (κ2) is 4.79. The molecule has 1 aliphatic heterocycles. The summed E-state index contributed by atoms with van der Waals surface area (Å²) in [4.78, 5) is 29.3. The number of aromatic hydroxyl groups is 1. The van der Waals surface area contributed by atoms with Gasteiger partial charge in [0.25, 0.3) is 11.8 Å². The van der Waals surface area contributed by atoms with E-state index < -0.39 is 11.8 Å². The molecule has 2 amide bonds. The third-order valence-corrected chi connectivity index (χ3v) is 3.03. The van der Waals surface area contributed by atoms with Gasteiger partial charge >= 0.3 is 0 Å². The molecule has 100 valence electrons. The molecule has 2 aromatic carbocycles. The smallest absolute Gasteiger partial charge is 0.285 e. The lowest BCUT2D eigenvalue weighted by atomic mass is 10.1. The van der Waals surface area contributed by atoms with Gasteiger partial charge in [0.1, 0.15) is 12.4 Å². The van der Waals surface area contributed by atoms with Crippen molar-refractivity contribution in [2.24, 2.45) is 0 Å². The summed E-state index contributed by atoms with van der Waals surface area (Å²) in [7, 11) is 0. The molecule has 3 rings (SSSR count). The zero-order valence-electron chi connectivity index (χ0n) is 10.4. The normalized spacial score (nSPS) is 13.7. The van der Waals surface area contributed by atoms with Crippen LogP contribution in [0.3, 0.4) is 0 Å². The van der Waals surface area contributed by atoms with Crippen molar-refractivity contribution in [1.29, 1.82) is 0 Å². The summed E-state index contributed by atoms with van der Waals surface area (Å²) >= 11 is 0. The predicted octanol–water partition coefficient (Wildman–Crippen LogP) is 2.12. The van der Waals surface area contributed by atoms with Crippen molar-refractivity contribution < 1.29 is 19.5 Å². The lowest BCUT2D eigenvalue weighted by Crippen LogP contribution is -2.29. The molecule has 0 atom stereocenters. The number of fused-ring (bicyclic) bond motifs is 1. The van der Waals surface area contributed by atoms with Gasteiger partial charge in [0, 0.05) is 0 Å². The van der Waals surface area contributed by atoms with Crippen LogP contribution in [0, 0.1) is 0 Å².